The normalized spacial score (nSPS) is 30.9. The summed E-state index contributed by atoms with van der Waals surface area (Å²) in [4.78, 5) is 21.3. The predicted octanol–water partition coefficient (Wildman–Crippen LogP) is 0.0869. The van der Waals surface area contributed by atoms with Crippen molar-refractivity contribution < 1.29 is 9.59 Å². The number of primary amides is 1. The summed E-state index contributed by atoms with van der Waals surface area (Å²) in [5.41, 5.74) is 5.03. The van der Waals surface area contributed by atoms with Gasteiger partial charge in [-0.1, -0.05) is 0 Å². The highest BCUT2D eigenvalue weighted by molar-refractivity contribution is 5.88. The van der Waals surface area contributed by atoms with Gasteiger partial charge in [-0.25, -0.2) is 0 Å². The fourth-order valence-corrected chi connectivity index (χ4v) is 1.33. The van der Waals surface area contributed by atoms with Crippen LogP contribution in [0.3, 0.4) is 0 Å². The summed E-state index contributed by atoms with van der Waals surface area (Å²) < 4.78 is 0. The molecule has 0 bridgehead atoms. The molecule has 0 aromatic heterocycles. The lowest BCUT2D eigenvalue weighted by molar-refractivity contribution is -0.136. The molecule has 0 aromatic rings. The van der Waals surface area contributed by atoms with Crippen molar-refractivity contribution in [1.29, 1.82) is 0 Å². The van der Waals surface area contributed by atoms with Crippen LogP contribution in [0.1, 0.15) is 19.8 Å². The molecule has 2 N–H and O–H groups in total. The molecule has 3 heteroatoms. The van der Waals surface area contributed by atoms with Crippen molar-refractivity contribution in [3.63, 3.8) is 0 Å². The van der Waals surface area contributed by atoms with Gasteiger partial charge >= 0.3 is 0 Å². The fraction of sp³-hybridized carbons (Fsp3) is 0.714. The molecule has 1 amide bonds. The standard InChI is InChI=1S/C7H11NO2/c1-4(9)5-2-3-6(5)7(8)10/h5-6H,2-3H2,1H3,(H2,8,10)/t5-,6+/m1/s1. The largest absolute Gasteiger partial charge is 0.369 e. The lowest BCUT2D eigenvalue weighted by Gasteiger charge is -2.31. The molecule has 0 saturated heterocycles. The lowest BCUT2D eigenvalue weighted by atomic mass is 9.71. The van der Waals surface area contributed by atoms with E-state index in [1.807, 2.05) is 0 Å². The lowest BCUT2D eigenvalue weighted by Crippen LogP contribution is -2.40. The molecule has 1 saturated carbocycles. The third-order valence-corrected chi connectivity index (χ3v) is 2.16. The maximum absolute atomic E-state index is 10.7. The SMILES string of the molecule is CC(=O)[C@H]1CC[C@@H]1C(N)=O. The van der Waals surface area contributed by atoms with Crippen molar-refractivity contribution in [2.45, 2.75) is 19.8 Å². The Morgan fingerprint density at radius 3 is 1.90 bits per heavy atom. The number of hydrogen-bond acceptors (Lipinski definition) is 2. The van der Waals surface area contributed by atoms with Gasteiger partial charge in [-0.05, 0) is 19.8 Å². The van der Waals surface area contributed by atoms with Gasteiger partial charge in [-0.2, -0.15) is 0 Å². The van der Waals surface area contributed by atoms with Gasteiger partial charge in [-0.3, -0.25) is 9.59 Å². The number of carbonyl (C=O) groups is 2. The molecule has 0 unspecified atom stereocenters. The number of hydrogen-bond donors (Lipinski definition) is 1. The summed E-state index contributed by atoms with van der Waals surface area (Å²) in [6, 6.07) is 0. The highest BCUT2D eigenvalue weighted by Gasteiger charge is 2.37. The molecule has 1 aliphatic rings. The van der Waals surface area contributed by atoms with Crippen LogP contribution >= 0.6 is 0 Å². The second-order valence-corrected chi connectivity index (χ2v) is 2.80. The molecule has 1 rings (SSSR count). The smallest absolute Gasteiger partial charge is 0.221 e. The summed E-state index contributed by atoms with van der Waals surface area (Å²) in [6.45, 7) is 1.51. The fourth-order valence-electron chi connectivity index (χ4n) is 1.33. The Morgan fingerprint density at radius 1 is 1.30 bits per heavy atom. The van der Waals surface area contributed by atoms with E-state index in [9.17, 15) is 9.59 Å². The Hall–Kier alpha value is -0.860. The van der Waals surface area contributed by atoms with E-state index < -0.39 is 0 Å². The van der Waals surface area contributed by atoms with Crippen molar-refractivity contribution in [2.24, 2.45) is 17.6 Å². The molecule has 0 radical (unpaired) electrons. The number of Topliss-reactive ketones (excluding diaryl/α,β-unsaturated/α-hetero) is 1. The first-order valence-corrected chi connectivity index (χ1v) is 3.42. The molecule has 3 nitrogen and oxygen atoms in total. The van der Waals surface area contributed by atoms with Gasteiger partial charge in [0.2, 0.25) is 5.91 Å². The average molecular weight is 141 g/mol. The molecule has 0 heterocycles. The van der Waals surface area contributed by atoms with E-state index in [-0.39, 0.29) is 23.5 Å². The zero-order valence-corrected chi connectivity index (χ0v) is 5.96. The van der Waals surface area contributed by atoms with Crippen LogP contribution in [-0.4, -0.2) is 11.7 Å². The molecule has 0 aliphatic heterocycles. The predicted molar refractivity (Wildman–Crippen MR) is 36.1 cm³/mol. The van der Waals surface area contributed by atoms with Crippen molar-refractivity contribution >= 4 is 11.7 Å². The molecule has 10 heavy (non-hydrogen) atoms. The van der Waals surface area contributed by atoms with E-state index >= 15 is 0 Å². The molecule has 1 aliphatic carbocycles. The van der Waals surface area contributed by atoms with Crippen LogP contribution in [-0.2, 0) is 9.59 Å². The number of nitrogens with two attached hydrogens (primary N) is 1. The minimum absolute atomic E-state index is 0.0718. The van der Waals surface area contributed by atoms with Crippen LogP contribution < -0.4 is 5.73 Å². The van der Waals surface area contributed by atoms with Crippen LogP contribution in [0.4, 0.5) is 0 Å². The van der Waals surface area contributed by atoms with Gasteiger partial charge in [0.25, 0.3) is 0 Å². The van der Waals surface area contributed by atoms with Crippen LogP contribution in [0.15, 0.2) is 0 Å². The quantitative estimate of drug-likeness (QED) is 0.592. The monoisotopic (exact) mass is 141 g/mol. The molecule has 2 atom stereocenters. The summed E-state index contributed by atoms with van der Waals surface area (Å²) in [6.07, 6.45) is 1.63. The first kappa shape index (κ1) is 7.25. The van der Waals surface area contributed by atoms with Gasteiger partial charge in [0, 0.05) is 11.8 Å². The van der Waals surface area contributed by atoms with Crippen molar-refractivity contribution in [2.75, 3.05) is 0 Å². The Balaban J connectivity index is 2.51. The van der Waals surface area contributed by atoms with E-state index in [2.05, 4.69) is 0 Å². The topological polar surface area (TPSA) is 60.2 Å². The average Bonchev–Trinajstić information content (AvgIpc) is 1.56. The highest BCUT2D eigenvalue weighted by atomic mass is 16.1. The van der Waals surface area contributed by atoms with Gasteiger partial charge in [0.15, 0.2) is 0 Å². The zero-order valence-electron chi connectivity index (χ0n) is 5.96. The second-order valence-electron chi connectivity index (χ2n) is 2.80. The Morgan fingerprint density at radius 2 is 1.80 bits per heavy atom. The summed E-state index contributed by atoms with van der Waals surface area (Å²) in [5.74, 6) is -0.475. The van der Waals surface area contributed by atoms with E-state index in [0.717, 1.165) is 12.8 Å². The number of carbonyl (C=O) groups excluding carboxylic acids is 2. The van der Waals surface area contributed by atoms with Crippen molar-refractivity contribution in [1.82, 2.24) is 0 Å². The van der Waals surface area contributed by atoms with Crippen LogP contribution in [0.5, 0.6) is 0 Å². The molecule has 56 valence electrons. The van der Waals surface area contributed by atoms with Gasteiger partial charge < -0.3 is 5.73 Å². The Labute approximate surface area is 59.6 Å². The number of rotatable bonds is 2. The second kappa shape index (κ2) is 2.40. The van der Waals surface area contributed by atoms with Crippen LogP contribution in [0.2, 0.25) is 0 Å². The molecular weight excluding hydrogens is 130 g/mol. The van der Waals surface area contributed by atoms with E-state index in [1.54, 1.807) is 0 Å². The maximum Gasteiger partial charge on any atom is 0.221 e. The number of ketones is 1. The van der Waals surface area contributed by atoms with Crippen molar-refractivity contribution in [3.8, 4) is 0 Å². The Kier molecular flexibility index (Phi) is 1.74. The zero-order chi connectivity index (χ0) is 7.72. The van der Waals surface area contributed by atoms with E-state index in [0.29, 0.717) is 0 Å². The third kappa shape index (κ3) is 1.03. The molecule has 0 spiro atoms. The minimum atomic E-state index is -0.327. The van der Waals surface area contributed by atoms with E-state index in [4.69, 9.17) is 5.73 Å². The Bertz CT molecular complexity index is 156. The van der Waals surface area contributed by atoms with Crippen molar-refractivity contribution in [3.05, 3.63) is 0 Å². The van der Waals surface area contributed by atoms with Crippen LogP contribution in [0, 0.1) is 11.8 Å². The minimum Gasteiger partial charge on any atom is -0.369 e. The third-order valence-electron chi connectivity index (χ3n) is 2.16. The van der Waals surface area contributed by atoms with E-state index in [1.165, 1.54) is 6.92 Å². The first-order valence-electron chi connectivity index (χ1n) is 3.42. The molecule has 0 aromatic carbocycles. The highest BCUT2D eigenvalue weighted by Crippen LogP contribution is 2.34. The van der Waals surface area contributed by atoms with Gasteiger partial charge in [0.05, 0.1) is 0 Å². The summed E-state index contributed by atoms with van der Waals surface area (Å²) >= 11 is 0. The van der Waals surface area contributed by atoms with Gasteiger partial charge in [-0.15, -0.1) is 0 Å². The summed E-state index contributed by atoms with van der Waals surface area (Å²) in [7, 11) is 0. The van der Waals surface area contributed by atoms with Gasteiger partial charge in [0.1, 0.15) is 5.78 Å². The van der Waals surface area contributed by atoms with Crippen LogP contribution in [0.25, 0.3) is 0 Å². The number of amides is 1. The molecule has 1 fully saturated rings. The molecular formula is C7H11NO2. The summed E-state index contributed by atoms with van der Waals surface area (Å²) in [5, 5.41) is 0. The maximum atomic E-state index is 10.7. The first-order chi connectivity index (χ1) is 4.63.